The maximum atomic E-state index is 6.40. The molecule has 4 nitrogen and oxygen atoms in total. The quantitative estimate of drug-likeness (QED) is 0.398. The number of hydrogen-bond donors (Lipinski definition) is 1. The molecule has 4 aromatic rings. The summed E-state index contributed by atoms with van der Waals surface area (Å²) in [7, 11) is 0. The third-order valence-electron chi connectivity index (χ3n) is 5.56. The second-order valence-electron chi connectivity index (χ2n) is 7.91. The summed E-state index contributed by atoms with van der Waals surface area (Å²) in [5.41, 5.74) is 5.43. The lowest BCUT2D eigenvalue weighted by molar-refractivity contribution is 0.439. The van der Waals surface area contributed by atoms with Crippen LogP contribution in [-0.2, 0) is 0 Å². The molecule has 5 heteroatoms. The van der Waals surface area contributed by atoms with Crippen molar-refractivity contribution in [2.24, 2.45) is 0 Å². The van der Waals surface area contributed by atoms with Crippen molar-refractivity contribution in [3.8, 4) is 11.3 Å². The number of hydrogen-bond acceptors (Lipinski definition) is 3. The highest BCUT2D eigenvalue weighted by molar-refractivity contribution is 7.80. The van der Waals surface area contributed by atoms with Crippen molar-refractivity contribution < 1.29 is 4.42 Å². The van der Waals surface area contributed by atoms with E-state index in [1.165, 1.54) is 11.1 Å². The zero-order valence-corrected chi connectivity index (χ0v) is 18.3. The smallest absolute Gasteiger partial charge is 0.174 e. The van der Waals surface area contributed by atoms with E-state index in [1.54, 1.807) is 0 Å². The largest absolute Gasteiger partial charge is 0.459 e. The molecule has 3 heterocycles. The maximum Gasteiger partial charge on any atom is 0.174 e. The molecule has 0 unspecified atom stereocenters. The molecule has 0 bridgehead atoms. The van der Waals surface area contributed by atoms with Crippen LogP contribution >= 0.6 is 12.2 Å². The molecule has 1 fully saturated rings. The maximum absolute atomic E-state index is 6.40. The fraction of sp³-hybridized carbons (Fsp3) is 0.154. The Morgan fingerprint density at radius 1 is 0.903 bits per heavy atom. The van der Waals surface area contributed by atoms with Crippen LogP contribution in [0.4, 0.5) is 5.69 Å². The van der Waals surface area contributed by atoms with Gasteiger partial charge in [0.15, 0.2) is 5.11 Å². The summed E-state index contributed by atoms with van der Waals surface area (Å²) in [6.07, 6.45) is 1.81. The van der Waals surface area contributed by atoms with Crippen LogP contribution in [0.1, 0.15) is 34.7 Å². The number of rotatable bonds is 4. The van der Waals surface area contributed by atoms with E-state index in [4.69, 9.17) is 16.6 Å². The molecule has 1 saturated heterocycles. The molecule has 1 N–H and O–H groups in total. The van der Waals surface area contributed by atoms with Gasteiger partial charge < -0.3 is 14.6 Å². The summed E-state index contributed by atoms with van der Waals surface area (Å²) < 4.78 is 6.40. The Balaban J connectivity index is 1.62. The molecular weight excluding hydrogens is 402 g/mol. The number of nitrogens with one attached hydrogen (secondary N) is 1. The molecule has 1 aliphatic rings. The topological polar surface area (TPSA) is 41.3 Å². The molecule has 2 atom stereocenters. The van der Waals surface area contributed by atoms with Crippen LogP contribution in [0.25, 0.3) is 11.3 Å². The Labute approximate surface area is 187 Å². The molecule has 1 aliphatic heterocycles. The molecule has 0 amide bonds. The van der Waals surface area contributed by atoms with Crippen LogP contribution in [0.15, 0.2) is 89.5 Å². The molecule has 0 spiro atoms. The van der Waals surface area contributed by atoms with Crippen molar-refractivity contribution in [3.63, 3.8) is 0 Å². The summed E-state index contributed by atoms with van der Waals surface area (Å²) in [6.45, 7) is 4.21. The van der Waals surface area contributed by atoms with Crippen LogP contribution in [0.2, 0.25) is 0 Å². The zero-order chi connectivity index (χ0) is 21.4. The first kappa shape index (κ1) is 19.5. The Hall–Kier alpha value is -3.44. The van der Waals surface area contributed by atoms with E-state index in [2.05, 4.69) is 59.4 Å². The van der Waals surface area contributed by atoms with Gasteiger partial charge in [0, 0.05) is 17.4 Å². The zero-order valence-electron chi connectivity index (χ0n) is 17.4. The molecule has 0 aliphatic carbocycles. The van der Waals surface area contributed by atoms with Crippen LogP contribution in [0, 0.1) is 13.8 Å². The molecular formula is C26H23N3OS. The van der Waals surface area contributed by atoms with E-state index >= 15 is 0 Å². The first-order valence-corrected chi connectivity index (χ1v) is 10.7. The number of benzene rings is 2. The fourth-order valence-electron chi connectivity index (χ4n) is 4.28. The Morgan fingerprint density at radius 3 is 2.35 bits per heavy atom. The molecule has 2 aromatic heterocycles. The number of anilines is 1. The highest BCUT2D eigenvalue weighted by atomic mass is 32.1. The highest BCUT2D eigenvalue weighted by Gasteiger charge is 2.42. The summed E-state index contributed by atoms with van der Waals surface area (Å²) in [5, 5.41) is 4.16. The van der Waals surface area contributed by atoms with Gasteiger partial charge in [-0.1, -0.05) is 42.5 Å². The SMILES string of the molecule is Cc1cc(C)cc(N2C(=S)N[C@H](c3ccccn3)[C@H]2c2ccc(-c3ccccc3)o2)c1. The molecule has 0 saturated carbocycles. The first-order valence-electron chi connectivity index (χ1n) is 10.3. The van der Waals surface area contributed by atoms with E-state index in [0.29, 0.717) is 5.11 Å². The van der Waals surface area contributed by atoms with Gasteiger partial charge in [-0.25, -0.2) is 0 Å². The third kappa shape index (κ3) is 3.73. The number of pyridine rings is 1. The number of aryl methyl sites for hydroxylation is 2. The predicted molar refractivity (Wildman–Crippen MR) is 128 cm³/mol. The van der Waals surface area contributed by atoms with Gasteiger partial charge in [-0.15, -0.1) is 0 Å². The monoisotopic (exact) mass is 425 g/mol. The van der Waals surface area contributed by atoms with Gasteiger partial charge in [0.2, 0.25) is 0 Å². The van der Waals surface area contributed by atoms with Crippen molar-refractivity contribution in [2.45, 2.75) is 25.9 Å². The van der Waals surface area contributed by atoms with Crippen LogP contribution < -0.4 is 10.2 Å². The van der Waals surface area contributed by atoms with Gasteiger partial charge in [0.05, 0.1) is 11.7 Å². The van der Waals surface area contributed by atoms with Crippen molar-refractivity contribution in [1.29, 1.82) is 0 Å². The van der Waals surface area contributed by atoms with E-state index < -0.39 is 0 Å². The average Bonchev–Trinajstić information content (AvgIpc) is 3.39. The van der Waals surface area contributed by atoms with Crippen molar-refractivity contribution >= 4 is 23.0 Å². The first-order chi connectivity index (χ1) is 15.1. The van der Waals surface area contributed by atoms with E-state index in [1.807, 2.05) is 54.7 Å². The molecule has 31 heavy (non-hydrogen) atoms. The van der Waals surface area contributed by atoms with Gasteiger partial charge in [-0.05, 0) is 73.6 Å². The second kappa shape index (κ2) is 8.00. The summed E-state index contributed by atoms with van der Waals surface area (Å²) in [4.78, 5) is 6.76. The minimum atomic E-state index is -0.152. The molecule has 2 aromatic carbocycles. The predicted octanol–water partition coefficient (Wildman–Crippen LogP) is 6.14. The summed E-state index contributed by atoms with van der Waals surface area (Å²) >= 11 is 5.81. The Kier molecular flexibility index (Phi) is 5.04. The van der Waals surface area contributed by atoms with Gasteiger partial charge >= 0.3 is 0 Å². The van der Waals surface area contributed by atoms with E-state index in [9.17, 15) is 0 Å². The Morgan fingerprint density at radius 2 is 1.65 bits per heavy atom. The number of furan rings is 1. The van der Waals surface area contributed by atoms with Gasteiger partial charge in [0.25, 0.3) is 0 Å². The van der Waals surface area contributed by atoms with Crippen molar-refractivity contribution in [1.82, 2.24) is 10.3 Å². The lowest BCUT2D eigenvalue weighted by atomic mass is 10.0. The average molecular weight is 426 g/mol. The van der Waals surface area contributed by atoms with Gasteiger partial charge in [-0.3, -0.25) is 4.98 Å². The van der Waals surface area contributed by atoms with Crippen LogP contribution in [0.5, 0.6) is 0 Å². The molecule has 5 rings (SSSR count). The minimum absolute atomic E-state index is 0.121. The van der Waals surface area contributed by atoms with Gasteiger partial charge in [0.1, 0.15) is 17.6 Å². The van der Waals surface area contributed by atoms with Gasteiger partial charge in [-0.2, -0.15) is 0 Å². The van der Waals surface area contributed by atoms with Crippen LogP contribution in [0.3, 0.4) is 0 Å². The highest BCUT2D eigenvalue weighted by Crippen LogP contribution is 2.43. The van der Waals surface area contributed by atoms with E-state index in [0.717, 1.165) is 28.5 Å². The second-order valence-corrected chi connectivity index (χ2v) is 8.30. The molecule has 154 valence electrons. The van der Waals surface area contributed by atoms with Crippen molar-refractivity contribution in [2.75, 3.05) is 4.90 Å². The normalized spacial score (nSPS) is 18.3. The lowest BCUT2D eigenvalue weighted by Crippen LogP contribution is -2.29. The fourth-order valence-corrected chi connectivity index (χ4v) is 4.63. The van der Waals surface area contributed by atoms with E-state index in [-0.39, 0.29) is 12.1 Å². The third-order valence-corrected chi connectivity index (χ3v) is 5.87. The summed E-state index contributed by atoms with van der Waals surface area (Å²) in [6, 6.07) is 26.4. The standard InChI is InChI=1S/C26H23N3OS/c1-17-14-18(2)16-20(15-17)29-25(24(28-26(29)31)21-10-6-7-13-27-21)23-12-11-22(30-23)19-8-4-3-5-9-19/h3-16,24-25H,1-2H3,(H,28,31)/t24-,25-/m1/s1. The minimum Gasteiger partial charge on any atom is -0.459 e. The lowest BCUT2D eigenvalue weighted by Gasteiger charge is -2.26. The summed E-state index contributed by atoms with van der Waals surface area (Å²) in [5.74, 6) is 1.69. The number of thiocarbonyl (C=S) groups is 1. The van der Waals surface area contributed by atoms with Crippen molar-refractivity contribution in [3.05, 3.63) is 108 Å². The molecule has 0 radical (unpaired) electrons. The Bertz CT molecular complexity index is 1200. The van der Waals surface area contributed by atoms with Crippen LogP contribution in [-0.4, -0.2) is 10.1 Å². The number of aromatic nitrogens is 1. The number of nitrogens with zero attached hydrogens (tertiary/aromatic N) is 2.